The zero-order chi connectivity index (χ0) is 14.3. The van der Waals surface area contributed by atoms with Gasteiger partial charge in [0.25, 0.3) is 0 Å². The number of halogens is 1. The summed E-state index contributed by atoms with van der Waals surface area (Å²) in [6.07, 6.45) is 0.0894. The van der Waals surface area contributed by atoms with E-state index in [2.05, 4.69) is 37.1 Å². The molecule has 19 heavy (non-hydrogen) atoms. The second-order valence-electron chi connectivity index (χ2n) is 5.49. The fourth-order valence-corrected chi connectivity index (χ4v) is 3.19. The lowest BCUT2D eigenvalue weighted by molar-refractivity contribution is 0.212. The van der Waals surface area contributed by atoms with Crippen LogP contribution in [0.2, 0.25) is 19.6 Å². The Morgan fingerprint density at radius 3 is 2.32 bits per heavy atom. The molecule has 0 bridgehead atoms. The molecule has 0 heterocycles. The third kappa shape index (κ3) is 6.97. The van der Waals surface area contributed by atoms with E-state index in [1.54, 1.807) is 7.11 Å². The van der Waals surface area contributed by atoms with Crippen molar-refractivity contribution in [1.82, 2.24) is 5.32 Å². The first-order chi connectivity index (χ1) is 8.94. The van der Waals surface area contributed by atoms with Gasteiger partial charge in [-0.25, -0.2) is 0 Å². The summed E-state index contributed by atoms with van der Waals surface area (Å²) in [5.74, 6) is 1.41. The lowest BCUT2D eigenvalue weighted by Gasteiger charge is -2.25. The summed E-state index contributed by atoms with van der Waals surface area (Å²) in [4.78, 5) is 0. The molecule has 0 amide bonds. The molecule has 0 spiro atoms. The van der Waals surface area contributed by atoms with Gasteiger partial charge in [-0.3, -0.25) is 0 Å². The van der Waals surface area contributed by atoms with E-state index in [1.807, 2.05) is 12.1 Å². The Labute approximate surface area is 122 Å². The van der Waals surface area contributed by atoms with Crippen molar-refractivity contribution in [2.75, 3.05) is 19.5 Å². The first kappa shape index (κ1) is 16.5. The number of hydrogen-bond acceptors (Lipinski definition) is 3. The van der Waals surface area contributed by atoms with Crippen LogP contribution in [0.5, 0.6) is 5.75 Å². The van der Waals surface area contributed by atoms with Gasteiger partial charge in [0, 0.05) is 19.0 Å². The molecule has 0 aromatic heterocycles. The number of ether oxygens (including phenoxy) is 1. The third-order valence-corrected chi connectivity index (χ3v) is 3.94. The standard InChI is InChI=1S/C14H24ClNO2Si/c1-17-13-7-5-12(6-8-13)10-16-11-14(9-15)18-19(2,3)4/h5-8,14,16H,9-11H2,1-4H3. The summed E-state index contributed by atoms with van der Waals surface area (Å²) in [6, 6.07) is 8.05. The van der Waals surface area contributed by atoms with E-state index in [-0.39, 0.29) is 6.10 Å². The van der Waals surface area contributed by atoms with Crippen molar-refractivity contribution in [2.45, 2.75) is 32.3 Å². The fraction of sp³-hybridized carbons (Fsp3) is 0.571. The molecule has 0 saturated carbocycles. The van der Waals surface area contributed by atoms with Crippen molar-refractivity contribution in [2.24, 2.45) is 0 Å². The largest absolute Gasteiger partial charge is 0.497 e. The molecular formula is C14H24ClNO2Si. The van der Waals surface area contributed by atoms with Gasteiger partial charge in [0.2, 0.25) is 0 Å². The number of nitrogens with one attached hydrogen (secondary N) is 1. The van der Waals surface area contributed by atoms with Gasteiger partial charge in [0.1, 0.15) is 5.75 Å². The zero-order valence-corrected chi connectivity index (χ0v) is 14.0. The summed E-state index contributed by atoms with van der Waals surface area (Å²) in [5.41, 5.74) is 1.22. The van der Waals surface area contributed by atoms with Crippen LogP contribution in [0.15, 0.2) is 24.3 Å². The van der Waals surface area contributed by atoms with Gasteiger partial charge >= 0.3 is 0 Å². The molecule has 108 valence electrons. The molecule has 1 N–H and O–H groups in total. The molecule has 1 aromatic carbocycles. The Morgan fingerprint density at radius 2 is 1.84 bits per heavy atom. The first-order valence-electron chi connectivity index (χ1n) is 6.52. The summed E-state index contributed by atoms with van der Waals surface area (Å²) in [5, 5.41) is 3.38. The fourth-order valence-electron chi connectivity index (χ4n) is 1.75. The van der Waals surface area contributed by atoms with Crippen molar-refractivity contribution in [3.63, 3.8) is 0 Å². The van der Waals surface area contributed by atoms with E-state index in [9.17, 15) is 0 Å². The van der Waals surface area contributed by atoms with E-state index in [1.165, 1.54) is 5.56 Å². The van der Waals surface area contributed by atoms with Gasteiger partial charge in [-0.05, 0) is 37.3 Å². The lowest BCUT2D eigenvalue weighted by atomic mass is 10.2. The summed E-state index contributed by atoms with van der Waals surface area (Å²) in [6.45, 7) is 8.12. The Balaban J connectivity index is 2.35. The number of hydrogen-bond donors (Lipinski definition) is 1. The molecule has 1 rings (SSSR count). The highest BCUT2D eigenvalue weighted by atomic mass is 35.5. The van der Waals surface area contributed by atoms with E-state index < -0.39 is 8.32 Å². The molecule has 0 saturated heterocycles. The van der Waals surface area contributed by atoms with Crippen LogP contribution in [0.1, 0.15) is 5.56 Å². The van der Waals surface area contributed by atoms with E-state index in [0.29, 0.717) is 5.88 Å². The second-order valence-corrected chi connectivity index (χ2v) is 10.3. The Morgan fingerprint density at radius 1 is 1.21 bits per heavy atom. The Kier molecular flexibility index (Phi) is 6.86. The topological polar surface area (TPSA) is 30.5 Å². The molecule has 3 nitrogen and oxygen atoms in total. The highest BCUT2D eigenvalue weighted by Crippen LogP contribution is 2.11. The van der Waals surface area contributed by atoms with Crippen LogP contribution >= 0.6 is 11.6 Å². The molecule has 1 unspecified atom stereocenters. The second kappa shape index (κ2) is 7.90. The van der Waals surface area contributed by atoms with E-state index >= 15 is 0 Å². The highest BCUT2D eigenvalue weighted by Gasteiger charge is 2.20. The van der Waals surface area contributed by atoms with Crippen LogP contribution in [-0.4, -0.2) is 34.0 Å². The number of benzene rings is 1. The Bertz CT molecular complexity index is 365. The minimum atomic E-state index is -1.52. The molecule has 0 radical (unpaired) electrons. The Hall–Kier alpha value is -0.553. The van der Waals surface area contributed by atoms with Crippen molar-refractivity contribution >= 4 is 19.9 Å². The van der Waals surface area contributed by atoms with Crippen LogP contribution in [0.4, 0.5) is 0 Å². The van der Waals surface area contributed by atoms with Gasteiger partial charge in [-0.1, -0.05) is 12.1 Å². The maximum absolute atomic E-state index is 5.99. The van der Waals surface area contributed by atoms with Crippen LogP contribution in [0.25, 0.3) is 0 Å². The maximum atomic E-state index is 5.99. The van der Waals surface area contributed by atoms with Crippen molar-refractivity contribution in [3.8, 4) is 5.75 Å². The molecule has 1 aromatic rings. The molecular weight excluding hydrogens is 278 g/mol. The molecule has 0 aliphatic heterocycles. The van der Waals surface area contributed by atoms with Gasteiger partial charge in [-0.2, -0.15) is 0 Å². The quantitative estimate of drug-likeness (QED) is 0.590. The smallest absolute Gasteiger partial charge is 0.184 e. The van der Waals surface area contributed by atoms with Gasteiger partial charge < -0.3 is 14.5 Å². The lowest BCUT2D eigenvalue weighted by Crippen LogP contribution is -2.39. The number of methoxy groups -OCH3 is 1. The van der Waals surface area contributed by atoms with Gasteiger partial charge in [0.05, 0.1) is 13.2 Å². The minimum Gasteiger partial charge on any atom is -0.497 e. The van der Waals surface area contributed by atoms with Crippen LogP contribution < -0.4 is 10.1 Å². The maximum Gasteiger partial charge on any atom is 0.184 e. The van der Waals surface area contributed by atoms with Crippen molar-refractivity contribution in [3.05, 3.63) is 29.8 Å². The molecule has 0 aliphatic rings. The zero-order valence-electron chi connectivity index (χ0n) is 12.2. The average Bonchev–Trinajstić information content (AvgIpc) is 2.37. The summed E-state index contributed by atoms with van der Waals surface area (Å²) >= 11 is 5.94. The summed E-state index contributed by atoms with van der Waals surface area (Å²) in [7, 11) is 0.149. The van der Waals surface area contributed by atoms with Crippen LogP contribution in [0, 0.1) is 0 Å². The van der Waals surface area contributed by atoms with E-state index in [4.69, 9.17) is 20.8 Å². The van der Waals surface area contributed by atoms with Gasteiger partial charge in [0.15, 0.2) is 8.32 Å². The predicted molar refractivity (Wildman–Crippen MR) is 83.6 cm³/mol. The molecule has 0 aliphatic carbocycles. The van der Waals surface area contributed by atoms with Crippen LogP contribution in [-0.2, 0) is 11.0 Å². The molecule has 5 heteroatoms. The number of rotatable bonds is 8. The van der Waals surface area contributed by atoms with Crippen molar-refractivity contribution < 1.29 is 9.16 Å². The van der Waals surface area contributed by atoms with E-state index in [0.717, 1.165) is 18.8 Å². The monoisotopic (exact) mass is 301 g/mol. The summed E-state index contributed by atoms with van der Waals surface area (Å²) < 4.78 is 11.1. The third-order valence-electron chi connectivity index (χ3n) is 2.55. The highest BCUT2D eigenvalue weighted by molar-refractivity contribution is 6.69. The van der Waals surface area contributed by atoms with Crippen LogP contribution in [0.3, 0.4) is 0 Å². The first-order valence-corrected chi connectivity index (χ1v) is 10.5. The predicted octanol–water partition coefficient (Wildman–Crippen LogP) is 3.24. The molecule has 1 atom stereocenters. The van der Waals surface area contributed by atoms with Gasteiger partial charge in [-0.15, -0.1) is 11.6 Å². The molecule has 0 fully saturated rings. The average molecular weight is 302 g/mol. The normalized spacial score (nSPS) is 13.3. The van der Waals surface area contributed by atoms with Crippen molar-refractivity contribution in [1.29, 1.82) is 0 Å². The number of alkyl halides is 1. The minimum absolute atomic E-state index is 0.0894. The SMILES string of the molecule is COc1ccc(CNCC(CCl)O[Si](C)(C)C)cc1.